The number of terminal acetylenes is 1. The van der Waals surface area contributed by atoms with E-state index in [9.17, 15) is 4.79 Å². The predicted molar refractivity (Wildman–Crippen MR) is 61.6 cm³/mol. The summed E-state index contributed by atoms with van der Waals surface area (Å²) in [5.41, 5.74) is 1.25. The lowest BCUT2D eigenvalue weighted by atomic mass is 10.1. The Bertz CT molecular complexity index is 410. The second-order valence-electron chi connectivity index (χ2n) is 2.92. The molecule has 0 fully saturated rings. The molecule has 0 spiro atoms. The van der Waals surface area contributed by atoms with E-state index >= 15 is 0 Å². The van der Waals surface area contributed by atoms with Gasteiger partial charge in [0.25, 0.3) is 0 Å². The predicted octanol–water partition coefficient (Wildman–Crippen LogP) is 1.87. The van der Waals surface area contributed by atoms with E-state index in [-0.39, 0.29) is 5.56 Å². The molecule has 1 aromatic carbocycles. The minimum Gasteiger partial charge on any atom is -0.478 e. The van der Waals surface area contributed by atoms with E-state index in [0.717, 1.165) is 10.0 Å². The van der Waals surface area contributed by atoms with E-state index in [1.807, 2.05) is 0 Å². The molecule has 0 bridgehead atoms. The normalized spacial score (nSPS) is 9.60. The molecular weight excluding hydrogens is 258 g/mol. The maximum absolute atomic E-state index is 10.7. The molecule has 1 rings (SSSR count). The number of carboxylic acids is 1. The Kier molecular flexibility index (Phi) is 4.35. The van der Waals surface area contributed by atoms with E-state index in [1.165, 1.54) is 0 Å². The van der Waals surface area contributed by atoms with Gasteiger partial charge in [0, 0.05) is 11.0 Å². The van der Waals surface area contributed by atoms with Crippen molar-refractivity contribution in [3.8, 4) is 12.3 Å². The van der Waals surface area contributed by atoms with Gasteiger partial charge in [-0.05, 0) is 17.7 Å². The van der Waals surface area contributed by atoms with Crippen molar-refractivity contribution in [1.82, 2.24) is 5.32 Å². The Morgan fingerprint density at radius 3 is 2.87 bits per heavy atom. The summed E-state index contributed by atoms with van der Waals surface area (Å²) < 4.78 is 0.770. The number of hydrogen-bond donors (Lipinski definition) is 2. The fraction of sp³-hybridized carbons (Fsp3) is 0.182. The van der Waals surface area contributed by atoms with Crippen LogP contribution in [0, 0.1) is 12.3 Å². The molecular formula is C11H10BrNO2. The lowest BCUT2D eigenvalue weighted by Crippen LogP contribution is -2.13. The molecule has 0 radical (unpaired) electrons. The van der Waals surface area contributed by atoms with Crippen LogP contribution < -0.4 is 5.32 Å². The Morgan fingerprint density at radius 2 is 2.33 bits per heavy atom. The van der Waals surface area contributed by atoms with Gasteiger partial charge in [0.2, 0.25) is 0 Å². The molecule has 2 N–H and O–H groups in total. The lowest BCUT2D eigenvalue weighted by Gasteiger charge is -2.05. The molecule has 0 saturated heterocycles. The van der Waals surface area contributed by atoms with E-state index < -0.39 is 5.97 Å². The Balaban J connectivity index is 2.76. The first kappa shape index (κ1) is 11.8. The van der Waals surface area contributed by atoms with Crippen molar-refractivity contribution < 1.29 is 9.90 Å². The quantitative estimate of drug-likeness (QED) is 0.647. The highest BCUT2D eigenvalue weighted by molar-refractivity contribution is 9.10. The zero-order valence-corrected chi connectivity index (χ0v) is 9.54. The molecule has 3 nitrogen and oxygen atoms in total. The largest absolute Gasteiger partial charge is 0.478 e. The molecule has 0 atom stereocenters. The smallest absolute Gasteiger partial charge is 0.335 e. The molecule has 78 valence electrons. The SMILES string of the molecule is C#CCNCc1ccc(C(=O)O)cc1Br. The molecule has 0 amide bonds. The molecule has 15 heavy (non-hydrogen) atoms. The summed E-state index contributed by atoms with van der Waals surface area (Å²) >= 11 is 3.31. The van der Waals surface area contributed by atoms with Crippen molar-refractivity contribution in [2.45, 2.75) is 6.54 Å². The lowest BCUT2D eigenvalue weighted by molar-refractivity contribution is 0.0697. The van der Waals surface area contributed by atoms with Gasteiger partial charge in [-0.1, -0.05) is 27.9 Å². The van der Waals surface area contributed by atoms with E-state index in [0.29, 0.717) is 13.1 Å². The van der Waals surface area contributed by atoms with Gasteiger partial charge < -0.3 is 10.4 Å². The average molecular weight is 268 g/mol. The first-order valence-corrected chi connectivity index (χ1v) is 5.10. The molecule has 4 heteroatoms. The maximum atomic E-state index is 10.7. The minimum atomic E-state index is -0.932. The summed E-state index contributed by atoms with van der Waals surface area (Å²) in [6, 6.07) is 4.91. The van der Waals surface area contributed by atoms with Gasteiger partial charge >= 0.3 is 5.97 Å². The zero-order valence-electron chi connectivity index (χ0n) is 7.96. The Labute approximate surface area is 96.6 Å². The van der Waals surface area contributed by atoms with Crippen LogP contribution in [-0.2, 0) is 6.54 Å². The van der Waals surface area contributed by atoms with Crippen LogP contribution in [0.5, 0.6) is 0 Å². The molecule has 0 unspecified atom stereocenters. The number of aromatic carboxylic acids is 1. The van der Waals surface area contributed by atoms with Gasteiger partial charge in [0.1, 0.15) is 0 Å². The number of carboxylic acid groups (broad SMARTS) is 1. The molecule has 1 aromatic rings. The monoisotopic (exact) mass is 267 g/mol. The fourth-order valence-electron chi connectivity index (χ4n) is 1.09. The van der Waals surface area contributed by atoms with Crippen LogP contribution in [0.15, 0.2) is 22.7 Å². The van der Waals surface area contributed by atoms with Gasteiger partial charge in [-0.3, -0.25) is 0 Å². The highest BCUT2D eigenvalue weighted by Gasteiger charge is 2.05. The first-order chi connectivity index (χ1) is 7.15. The van der Waals surface area contributed by atoms with Gasteiger partial charge in [0.05, 0.1) is 12.1 Å². The second kappa shape index (κ2) is 5.54. The van der Waals surface area contributed by atoms with Crippen molar-refractivity contribution in [2.24, 2.45) is 0 Å². The fourth-order valence-corrected chi connectivity index (χ4v) is 1.61. The van der Waals surface area contributed by atoms with Crippen molar-refractivity contribution in [1.29, 1.82) is 0 Å². The van der Waals surface area contributed by atoms with Crippen LogP contribution in [0.3, 0.4) is 0 Å². The summed E-state index contributed by atoms with van der Waals surface area (Å²) in [6.07, 6.45) is 5.09. The second-order valence-corrected chi connectivity index (χ2v) is 3.77. The van der Waals surface area contributed by atoms with Crippen LogP contribution in [0.25, 0.3) is 0 Å². The molecule has 0 aliphatic rings. The van der Waals surface area contributed by atoms with Crippen molar-refractivity contribution in [3.05, 3.63) is 33.8 Å². The minimum absolute atomic E-state index is 0.266. The molecule has 0 heterocycles. The number of nitrogens with one attached hydrogen (secondary N) is 1. The number of hydrogen-bond acceptors (Lipinski definition) is 2. The average Bonchev–Trinajstić information content (AvgIpc) is 2.20. The van der Waals surface area contributed by atoms with Gasteiger partial charge in [-0.2, -0.15) is 0 Å². The van der Waals surface area contributed by atoms with E-state index in [2.05, 4.69) is 27.2 Å². The van der Waals surface area contributed by atoms with Crippen molar-refractivity contribution in [3.63, 3.8) is 0 Å². The first-order valence-electron chi connectivity index (χ1n) is 4.31. The highest BCUT2D eigenvalue weighted by Crippen LogP contribution is 2.18. The van der Waals surface area contributed by atoms with Crippen LogP contribution in [0.4, 0.5) is 0 Å². The number of halogens is 1. The van der Waals surface area contributed by atoms with Crippen LogP contribution in [0.2, 0.25) is 0 Å². The van der Waals surface area contributed by atoms with Gasteiger partial charge in [0.15, 0.2) is 0 Å². The number of benzene rings is 1. The van der Waals surface area contributed by atoms with Gasteiger partial charge in [-0.15, -0.1) is 6.42 Å². The summed E-state index contributed by atoms with van der Waals surface area (Å²) in [4.78, 5) is 10.7. The number of rotatable bonds is 4. The van der Waals surface area contributed by atoms with Crippen molar-refractivity contribution >= 4 is 21.9 Å². The van der Waals surface area contributed by atoms with Crippen LogP contribution in [-0.4, -0.2) is 17.6 Å². The number of carbonyl (C=O) groups is 1. The highest BCUT2D eigenvalue weighted by atomic mass is 79.9. The summed E-state index contributed by atoms with van der Waals surface area (Å²) in [5, 5.41) is 11.8. The van der Waals surface area contributed by atoms with Crippen LogP contribution >= 0.6 is 15.9 Å². The molecule has 0 saturated carbocycles. The molecule has 0 aromatic heterocycles. The Hall–Kier alpha value is -1.31. The standard InChI is InChI=1S/C11H10BrNO2/c1-2-5-13-7-9-4-3-8(11(14)15)6-10(9)12/h1,3-4,6,13H,5,7H2,(H,14,15). The Morgan fingerprint density at radius 1 is 1.60 bits per heavy atom. The van der Waals surface area contributed by atoms with Crippen molar-refractivity contribution in [2.75, 3.05) is 6.54 Å². The molecule has 0 aliphatic heterocycles. The third kappa shape index (κ3) is 3.39. The summed E-state index contributed by atoms with van der Waals surface area (Å²) in [6.45, 7) is 1.11. The third-order valence-corrected chi connectivity index (χ3v) is 2.58. The van der Waals surface area contributed by atoms with Crippen LogP contribution in [0.1, 0.15) is 15.9 Å². The summed E-state index contributed by atoms with van der Waals surface area (Å²) in [5.74, 6) is 1.53. The zero-order chi connectivity index (χ0) is 11.3. The van der Waals surface area contributed by atoms with Gasteiger partial charge in [-0.25, -0.2) is 4.79 Å². The third-order valence-electron chi connectivity index (χ3n) is 1.84. The summed E-state index contributed by atoms with van der Waals surface area (Å²) in [7, 11) is 0. The maximum Gasteiger partial charge on any atom is 0.335 e. The van der Waals surface area contributed by atoms with E-state index in [4.69, 9.17) is 11.5 Å². The molecule has 0 aliphatic carbocycles. The van der Waals surface area contributed by atoms with E-state index in [1.54, 1.807) is 18.2 Å². The topological polar surface area (TPSA) is 49.3 Å².